The zero-order valence-electron chi connectivity index (χ0n) is 8.47. The van der Waals surface area contributed by atoms with Gasteiger partial charge in [-0.25, -0.2) is 4.98 Å². The van der Waals surface area contributed by atoms with Crippen molar-refractivity contribution >= 4 is 28.6 Å². The molecule has 82 valence electrons. The fraction of sp³-hybridized carbons (Fsp3) is 0.273. The lowest BCUT2D eigenvalue weighted by molar-refractivity contribution is 0.0947. The van der Waals surface area contributed by atoms with Crippen molar-refractivity contribution in [3.8, 4) is 10.6 Å². The number of amides is 1. The van der Waals surface area contributed by atoms with Crippen LogP contribution in [0.2, 0.25) is 0 Å². The smallest absolute Gasteiger partial charge is 0.270 e. The van der Waals surface area contributed by atoms with E-state index in [2.05, 4.69) is 10.3 Å². The molecular formula is C11H10N2OS2. The van der Waals surface area contributed by atoms with Crippen LogP contribution in [0, 0.1) is 0 Å². The highest BCUT2D eigenvalue weighted by Gasteiger charge is 2.24. The van der Waals surface area contributed by atoms with Crippen LogP contribution < -0.4 is 5.32 Å². The van der Waals surface area contributed by atoms with Gasteiger partial charge < -0.3 is 5.32 Å². The van der Waals surface area contributed by atoms with E-state index < -0.39 is 0 Å². The maximum absolute atomic E-state index is 11.7. The standard InChI is InChI=1S/C11H10N2OS2/c14-10(12-8-1-2-8)9-6-16-11(13-9)7-3-4-15-5-7/h3-6,8H,1-2H2,(H,12,14). The molecule has 5 heteroatoms. The van der Waals surface area contributed by atoms with E-state index in [0.717, 1.165) is 23.4 Å². The van der Waals surface area contributed by atoms with E-state index in [9.17, 15) is 4.79 Å². The highest BCUT2D eigenvalue weighted by atomic mass is 32.1. The zero-order chi connectivity index (χ0) is 11.0. The van der Waals surface area contributed by atoms with Crippen LogP contribution in [-0.2, 0) is 0 Å². The topological polar surface area (TPSA) is 42.0 Å². The SMILES string of the molecule is O=C(NC1CC1)c1csc(-c2ccsc2)n1. The molecule has 1 N–H and O–H groups in total. The van der Waals surface area contributed by atoms with Crippen molar-refractivity contribution in [2.45, 2.75) is 18.9 Å². The van der Waals surface area contributed by atoms with Crippen molar-refractivity contribution in [1.29, 1.82) is 0 Å². The third-order valence-electron chi connectivity index (χ3n) is 2.42. The van der Waals surface area contributed by atoms with Crippen molar-refractivity contribution in [3.05, 3.63) is 27.9 Å². The Bertz CT molecular complexity index is 500. The number of hydrogen-bond donors (Lipinski definition) is 1. The molecule has 16 heavy (non-hydrogen) atoms. The molecule has 0 atom stereocenters. The van der Waals surface area contributed by atoms with E-state index in [-0.39, 0.29) is 5.91 Å². The Morgan fingerprint density at radius 1 is 1.44 bits per heavy atom. The van der Waals surface area contributed by atoms with Gasteiger partial charge in [0.25, 0.3) is 5.91 Å². The molecule has 2 aromatic heterocycles. The number of aromatic nitrogens is 1. The highest BCUT2D eigenvalue weighted by molar-refractivity contribution is 7.14. The van der Waals surface area contributed by atoms with Crippen molar-refractivity contribution in [3.63, 3.8) is 0 Å². The van der Waals surface area contributed by atoms with Crippen LogP contribution in [0.25, 0.3) is 10.6 Å². The van der Waals surface area contributed by atoms with Gasteiger partial charge in [-0.3, -0.25) is 4.79 Å². The average molecular weight is 250 g/mol. The second kappa shape index (κ2) is 3.99. The molecule has 0 radical (unpaired) electrons. The van der Waals surface area contributed by atoms with Crippen LogP contribution in [0.3, 0.4) is 0 Å². The summed E-state index contributed by atoms with van der Waals surface area (Å²) in [7, 11) is 0. The highest BCUT2D eigenvalue weighted by Crippen LogP contribution is 2.26. The Morgan fingerprint density at radius 2 is 2.31 bits per heavy atom. The minimum absolute atomic E-state index is 0.0415. The fourth-order valence-electron chi connectivity index (χ4n) is 1.38. The summed E-state index contributed by atoms with van der Waals surface area (Å²) < 4.78 is 0. The van der Waals surface area contributed by atoms with Crippen LogP contribution in [0.4, 0.5) is 0 Å². The maximum atomic E-state index is 11.7. The van der Waals surface area contributed by atoms with Crippen molar-refractivity contribution in [1.82, 2.24) is 10.3 Å². The van der Waals surface area contributed by atoms with Gasteiger partial charge in [0.1, 0.15) is 10.7 Å². The number of carbonyl (C=O) groups is 1. The van der Waals surface area contributed by atoms with Gasteiger partial charge in [0.15, 0.2) is 0 Å². The van der Waals surface area contributed by atoms with E-state index in [1.54, 1.807) is 11.3 Å². The Hall–Kier alpha value is -1.20. The largest absolute Gasteiger partial charge is 0.348 e. The molecule has 0 bridgehead atoms. The summed E-state index contributed by atoms with van der Waals surface area (Å²) in [6, 6.07) is 2.41. The number of nitrogens with zero attached hydrogens (tertiary/aromatic N) is 1. The predicted molar refractivity (Wildman–Crippen MR) is 65.9 cm³/mol. The van der Waals surface area contributed by atoms with Gasteiger partial charge in [0.2, 0.25) is 0 Å². The van der Waals surface area contributed by atoms with E-state index in [1.807, 2.05) is 22.2 Å². The molecule has 0 aliphatic heterocycles. The van der Waals surface area contributed by atoms with Gasteiger partial charge in [-0.15, -0.1) is 11.3 Å². The average Bonchev–Trinajstić information content (AvgIpc) is 2.84. The summed E-state index contributed by atoms with van der Waals surface area (Å²) in [5, 5.41) is 9.74. The molecule has 2 aromatic rings. The first-order chi connectivity index (χ1) is 7.83. The Labute approximate surface area is 101 Å². The Balaban J connectivity index is 1.79. The van der Waals surface area contributed by atoms with Crippen molar-refractivity contribution in [2.24, 2.45) is 0 Å². The molecule has 1 aliphatic rings. The number of rotatable bonds is 3. The molecule has 0 spiro atoms. The zero-order valence-corrected chi connectivity index (χ0v) is 10.1. The molecule has 1 aliphatic carbocycles. The van der Waals surface area contributed by atoms with Crippen LogP contribution in [0.15, 0.2) is 22.2 Å². The Kier molecular flexibility index (Phi) is 2.49. The summed E-state index contributed by atoms with van der Waals surface area (Å²) in [5.41, 5.74) is 1.64. The fourth-order valence-corrected chi connectivity index (χ4v) is 2.90. The quantitative estimate of drug-likeness (QED) is 0.910. The van der Waals surface area contributed by atoms with Gasteiger partial charge in [0.05, 0.1) is 0 Å². The first-order valence-electron chi connectivity index (χ1n) is 5.12. The van der Waals surface area contributed by atoms with Gasteiger partial charge in [-0.2, -0.15) is 11.3 Å². The number of nitrogens with one attached hydrogen (secondary N) is 1. The van der Waals surface area contributed by atoms with Crippen LogP contribution in [-0.4, -0.2) is 16.9 Å². The van der Waals surface area contributed by atoms with Gasteiger partial charge in [-0.05, 0) is 24.3 Å². The van der Waals surface area contributed by atoms with Crippen molar-refractivity contribution < 1.29 is 4.79 Å². The summed E-state index contributed by atoms with van der Waals surface area (Å²) in [6.07, 6.45) is 2.21. The molecular weight excluding hydrogens is 240 g/mol. The van der Waals surface area contributed by atoms with Gasteiger partial charge in [0, 0.05) is 22.4 Å². The minimum Gasteiger partial charge on any atom is -0.348 e. The minimum atomic E-state index is -0.0415. The second-order valence-corrected chi connectivity index (χ2v) is 5.44. The summed E-state index contributed by atoms with van der Waals surface area (Å²) in [4.78, 5) is 16.1. The predicted octanol–water partition coefficient (Wildman–Crippen LogP) is 2.76. The first-order valence-corrected chi connectivity index (χ1v) is 6.94. The number of thiophene rings is 1. The number of thiazole rings is 1. The normalized spacial score (nSPS) is 15.0. The second-order valence-electron chi connectivity index (χ2n) is 3.80. The number of carbonyl (C=O) groups excluding carboxylic acids is 1. The van der Waals surface area contributed by atoms with E-state index >= 15 is 0 Å². The molecule has 1 fully saturated rings. The molecule has 2 heterocycles. The monoisotopic (exact) mass is 250 g/mol. The first kappa shape index (κ1) is 9.99. The van der Waals surface area contributed by atoms with Gasteiger partial charge in [-0.1, -0.05) is 0 Å². The molecule has 1 amide bonds. The molecule has 3 nitrogen and oxygen atoms in total. The lowest BCUT2D eigenvalue weighted by Crippen LogP contribution is -2.25. The van der Waals surface area contributed by atoms with Crippen LogP contribution in [0.5, 0.6) is 0 Å². The van der Waals surface area contributed by atoms with Crippen LogP contribution in [0.1, 0.15) is 23.3 Å². The lowest BCUT2D eigenvalue weighted by Gasteiger charge is -1.97. The molecule has 0 unspecified atom stereocenters. The van der Waals surface area contributed by atoms with E-state index in [0.29, 0.717) is 11.7 Å². The summed E-state index contributed by atoms with van der Waals surface area (Å²) >= 11 is 3.16. The number of hydrogen-bond acceptors (Lipinski definition) is 4. The Morgan fingerprint density at radius 3 is 3.00 bits per heavy atom. The van der Waals surface area contributed by atoms with Gasteiger partial charge >= 0.3 is 0 Å². The lowest BCUT2D eigenvalue weighted by atomic mass is 10.3. The van der Waals surface area contributed by atoms with E-state index in [4.69, 9.17) is 0 Å². The molecule has 0 aromatic carbocycles. The van der Waals surface area contributed by atoms with Crippen LogP contribution >= 0.6 is 22.7 Å². The molecule has 1 saturated carbocycles. The third-order valence-corrected chi connectivity index (χ3v) is 3.99. The maximum Gasteiger partial charge on any atom is 0.270 e. The third kappa shape index (κ3) is 2.01. The van der Waals surface area contributed by atoms with Crippen molar-refractivity contribution in [2.75, 3.05) is 0 Å². The summed E-state index contributed by atoms with van der Waals surface area (Å²) in [5.74, 6) is -0.0415. The molecule has 0 saturated heterocycles. The van der Waals surface area contributed by atoms with E-state index in [1.165, 1.54) is 11.3 Å². The summed E-state index contributed by atoms with van der Waals surface area (Å²) in [6.45, 7) is 0. The molecule has 3 rings (SSSR count).